The number of aromatic nitrogens is 2. The summed E-state index contributed by atoms with van der Waals surface area (Å²) in [7, 11) is 0. The Bertz CT molecular complexity index is 1240. The summed E-state index contributed by atoms with van der Waals surface area (Å²) in [6.45, 7) is 5.43. The van der Waals surface area contributed by atoms with E-state index in [0.29, 0.717) is 79.9 Å². The molecule has 0 bridgehead atoms. The highest BCUT2D eigenvalue weighted by Gasteiger charge is 2.34. The molecular weight excluding hydrogens is 502 g/mol. The predicted octanol–water partition coefficient (Wildman–Crippen LogP) is 3.99. The molecule has 4 heterocycles. The number of benzene rings is 1. The number of rotatable bonds is 8. The summed E-state index contributed by atoms with van der Waals surface area (Å²) >= 11 is 0. The Morgan fingerprint density at radius 1 is 1.13 bits per heavy atom. The molecule has 208 valence electrons. The van der Waals surface area contributed by atoms with Gasteiger partial charge in [-0.2, -0.15) is 0 Å². The number of carbonyl (C=O) groups excluding carboxylic acids is 2. The van der Waals surface area contributed by atoms with Crippen LogP contribution in [0.4, 0.5) is 15.4 Å². The fraction of sp³-hybridized carbons (Fsp3) is 0.571. The number of nitrogens with one attached hydrogen (secondary N) is 1. The van der Waals surface area contributed by atoms with E-state index in [4.69, 9.17) is 18.9 Å². The Balaban J connectivity index is 1.14. The van der Waals surface area contributed by atoms with Crippen LogP contribution in [0.5, 0.6) is 17.2 Å². The van der Waals surface area contributed by atoms with Crippen LogP contribution in [0.25, 0.3) is 11.3 Å². The second kappa shape index (κ2) is 11.2. The number of hydrogen-bond donors (Lipinski definition) is 1. The Hall–Kier alpha value is -3.76. The second-order valence-electron chi connectivity index (χ2n) is 10.5. The van der Waals surface area contributed by atoms with Crippen molar-refractivity contribution in [1.29, 1.82) is 0 Å². The summed E-state index contributed by atoms with van der Waals surface area (Å²) in [5, 5.41) is 3.06. The van der Waals surface area contributed by atoms with E-state index in [0.717, 1.165) is 36.9 Å². The molecule has 1 aromatic heterocycles. The first-order chi connectivity index (χ1) is 19.1. The van der Waals surface area contributed by atoms with Crippen LogP contribution in [0.2, 0.25) is 0 Å². The van der Waals surface area contributed by atoms with Gasteiger partial charge < -0.3 is 29.2 Å². The lowest BCUT2D eigenvalue weighted by Crippen LogP contribution is -2.43. The van der Waals surface area contributed by atoms with Crippen molar-refractivity contribution in [3.63, 3.8) is 0 Å². The van der Waals surface area contributed by atoms with Crippen molar-refractivity contribution in [3.05, 3.63) is 24.0 Å². The maximum absolute atomic E-state index is 13.2. The number of nitrogens with zero attached hydrogens (tertiary/aromatic N) is 4. The molecule has 0 radical (unpaired) electrons. The minimum Gasteiger partial charge on any atom is -0.492 e. The van der Waals surface area contributed by atoms with E-state index in [1.54, 1.807) is 9.80 Å². The van der Waals surface area contributed by atoms with E-state index in [9.17, 15) is 9.59 Å². The zero-order valence-corrected chi connectivity index (χ0v) is 22.3. The lowest BCUT2D eigenvalue weighted by molar-refractivity contribution is 0.0872. The van der Waals surface area contributed by atoms with Crippen molar-refractivity contribution in [1.82, 2.24) is 20.2 Å². The zero-order chi connectivity index (χ0) is 26.8. The van der Waals surface area contributed by atoms with Crippen molar-refractivity contribution < 1.29 is 28.5 Å². The highest BCUT2D eigenvalue weighted by Crippen LogP contribution is 2.49. The lowest BCUT2D eigenvalue weighted by Gasteiger charge is -2.32. The zero-order valence-electron chi connectivity index (χ0n) is 22.3. The number of amides is 3. The van der Waals surface area contributed by atoms with Crippen molar-refractivity contribution in [2.24, 2.45) is 11.8 Å². The molecule has 2 aromatic rings. The topological polar surface area (TPSA) is 115 Å². The Labute approximate surface area is 227 Å². The Morgan fingerprint density at radius 2 is 2.03 bits per heavy atom. The summed E-state index contributed by atoms with van der Waals surface area (Å²) in [6.07, 6.45) is 7.03. The van der Waals surface area contributed by atoms with Crippen molar-refractivity contribution in [2.45, 2.75) is 45.4 Å². The summed E-state index contributed by atoms with van der Waals surface area (Å²) in [5.74, 6) is 3.53. The maximum atomic E-state index is 13.2. The van der Waals surface area contributed by atoms with Crippen molar-refractivity contribution in [3.8, 4) is 28.5 Å². The number of hydrogen-bond acceptors (Lipinski definition) is 8. The van der Waals surface area contributed by atoms with Crippen LogP contribution in [0.15, 0.2) is 18.5 Å². The number of fused-ring (bicyclic) bond motifs is 2. The maximum Gasteiger partial charge on any atom is 0.409 e. The average Bonchev–Trinajstić information content (AvgIpc) is 3.47. The molecule has 1 unspecified atom stereocenters. The molecule has 1 saturated carbocycles. The van der Waals surface area contributed by atoms with Crippen molar-refractivity contribution >= 4 is 17.9 Å². The van der Waals surface area contributed by atoms with E-state index in [2.05, 4.69) is 15.3 Å². The van der Waals surface area contributed by atoms with E-state index in [1.165, 1.54) is 19.2 Å². The third-order valence-corrected chi connectivity index (χ3v) is 7.79. The minimum atomic E-state index is -0.252. The molecule has 3 amide bonds. The first-order valence-corrected chi connectivity index (χ1v) is 14.0. The van der Waals surface area contributed by atoms with E-state index in [-0.39, 0.29) is 18.9 Å². The number of piperidine rings is 1. The number of ether oxygens (including phenoxy) is 4. The van der Waals surface area contributed by atoms with Gasteiger partial charge in [-0.05, 0) is 69.4 Å². The van der Waals surface area contributed by atoms with Gasteiger partial charge in [-0.15, -0.1) is 0 Å². The standard InChI is InChI=1S/C28H35N5O6/c1-2-36-28(35)32-12-3-4-18(14-32)9-11-29-27(34)33-13-10-20-24(30-16-31-26(20)33)23-21(37-15-19-5-6-19)7-8-22-25(23)39-17-38-22/h7-8,16,18-19H,2-6,9-15,17H2,1H3,(H,29,34). The first kappa shape index (κ1) is 25.5. The van der Waals surface area contributed by atoms with Crippen LogP contribution in [0, 0.1) is 11.8 Å². The molecule has 11 nitrogen and oxygen atoms in total. The molecule has 6 rings (SSSR count). The molecule has 2 fully saturated rings. The number of carbonyl (C=O) groups is 2. The van der Waals surface area contributed by atoms with Crippen LogP contribution in [0.3, 0.4) is 0 Å². The summed E-state index contributed by atoms with van der Waals surface area (Å²) in [5.41, 5.74) is 2.37. The lowest BCUT2D eigenvalue weighted by atomic mass is 9.95. The largest absolute Gasteiger partial charge is 0.492 e. The van der Waals surface area contributed by atoms with Gasteiger partial charge in [-0.25, -0.2) is 19.6 Å². The van der Waals surface area contributed by atoms with Gasteiger partial charge in [-0.3, -0.25) is 4.90 Å². The van der Waals surface area contributed by atoms with E-state index in [1.807, 2.05) is 19.1 Å². The quantitative estimate of drug-likeness (QED) is 0.538. The highest BCUT2D eigenvalue weighted by molar-refractivity contribution is 5.95. The molecule has 11 heteroatoms. The van der Waals surface area contributed by atoms with E-state index >= 15 is 0 Å². The van der Waals surface area contributed by atoms with Gasteiger partial charge >= 0.3 is 12.1 Å². The molecule has 1 atom stereocenters. The van der Waals surface area contributed by atoms with Crippen molar-refractivity contribution in [2.75, 3.05) is 51.1 Å². The smallest absolute Gasteiger partial charge is 0.409 e. The summed E-state index contributed by atoms with van der Waals surface area (Å²) in [6, 6.07) is 3.60. The summed E-state index contributed by atoms with van der Waals surface area (Å²) in [4.78, 5) is 37.8. The molecule has 1 aliphatic carbocycles. The van der Waals surface area contributed by atoms with E-state index < -0.39 is 0 Å². The van der Waals surface area contributed by atoms with Crippen LogP contribution < -0.4 is 24.4 Å². The van der Waals surface area contributed by atoms with Gasteiger partial charge in [-0.1, -0.05) is 0 Å². The Kier molecular flexibility index (Phi) is 7.30. The van der Waals surface area contributed by atoms with Crippen LogP contribution in [-0.2, 0) is 11.2 Å². The fourth-order valence-electron chi connectivity index (χ4n) is 5.56. The molecule has 39 heavy (non-hydrogen) atoms. The molecule has 1 saturated heterocycles. The van der Waals surface area contributed by atoms with Crippen LogP contribution >= 0.6 is 0 Å². The molecular formula is C28H35N5O6. The molecule has 1 aromatic carbocycles. The van der Waals surface area contributed by atoms with Crippen LogP contribution in [-0.4, -0.2) is 73.2 Å². The van der Waals surface area contributed by atoms with Gasteiger partial charge in [0, 0.05) is 31.7 Å². The molecule has 3 aliphatic heterocycles. The second-order valence-corrected chi connectivity index (χ2v) is 10.5. The number of urea groups is 1. The summed E-state index contributed by atoms with van der Waals surface area (Å²) < 4.78 is 22.8. The third kappa shape index (κ3) is 5.39. The monoisotopic (exact) mass is 537 g/mol. The predicted molar refractivity (Wildman–Crippen MR) is 142 cm³/mol. The van der Waals surface area contributed by atoms with Gasteiger partial charge in [0.25, 0.3) is 0 Å². The van der Waals surface area contributed by atoms with Gasteiger partial charge in [0.2, 0.25) is 6.79 Å². The first-order valence-electron chi connectivity index (χ1n) is 14.0. The third-order valence-electron chi connectivity index (χ3n) is 7.79. The van der Waals surface area contributed by atoms with Crippen LogP contribution in [0.1, 0.15) is 44.6 Å². The van der Waals surface area contributed by atoms with Gasteiger partial charge in [0.15, 0.2) is 11.5 Å². The van der Waals surface area contributed by atoms with Gasteiger partial charge in [0.05, 0.1) is 24.5 Å². The molecule has 1 N–H and O–H groups in total. The fourth-order valence-corrected chi connectivity index (χ4v) is 5.56. The normalized spacial score (nSPS) is 19.6. The molecule has 4 aliphatic rings. The Morgan fingerprint density at radius 3 is 2.87 bits per heavy atom. The number of likely N-dealkylation sites (tertiary alicyclic amines) is 1. The SMILES string of the molecule is CCOC(=O)N1CCCC(CCNC(=O)N2CCc3c(-c4c(OCC5CC5)ccc5c4OCO5)ncnc32)C1. The number of anilines is 1. The average molecular weight is 538 g/mol. The van der Waals surface area contributed by atoms with Gasteiger partial charge in [0.1, 0.15) is 17.9 Å². The minimum absolute atomic E-state index is 0.148. The highest BCUT2D eigenvalue weighted by atomic mass is 16.7. The molecule has 0 spiro atoms.